The van der Waals surface area contributed by atoms with Crippen LogP contribution in [0.4, 0.5) is 5.95 Å². The number of halogens is 1. The van der Waals surface area contributed by atoms with Crippen molar-refractivity contribution in [2.75, 3.05) is 18.0 Å². The molecule has 2 aliphatic heterocycles. The minimum absolute atomic E-state index is 0. The summed E-state index contributed by atoms with van der Waals surface area (Å²) in [5, 5.41) is 3.11. The molecular formula is C21H26ClN5O. The van der Waals surface area contributed by atoms with E-state index in [0.29, 0.717) is 12.1 Å². The molecule has 1 aromatic heterocycles. The molecule has 28 heavy (non-hydrogen) atoms. The summed E-state index contributed by atoms with van der Waals surface area (Å²) in [6.07, 6.45) is 6.92. The van der Waals surface area contributed by atoms with Gasteiger partial charge >= 0.3 is 0 Å². The molecule has 2 bridgehead atoms. The zero-order valence-electron chi connectivity index (χ0n) is 16.0. The first-order valence-corrected chi connectivity index (χ1v) is 9.79. The number of carbonyl (C=O) groups excluding carboxylic acids is 1. The molecule has 5 rings (SSSR count). The second kappa shape index (κ2) is 7.33. The number of carbonyl (C=O) groups is 1. The molecule has 1 aromatic carbocycles. The Morgan fingerprint density at radius 3 is 2.43 bits per heavy atom. The first-order valence-electron chi connectivity index (χ1n) is 9.79. The molecule has 3 aliphatic rings. The molecule has 2 saturated heterocycles. The second-order valence-corrected chi connectivity index (χ2v) is 8.13. The fourth-order valence-electron chi connectivity index (χ4n) is 4.74. The van der Waals surface area contributed by atoms with Gasteiger partial charge < -0.3 is 10.2 Å². The molecule has 6 nitrogen and oxygen atoms in total. The highest BCUT2D eigenvalue weighted by Crippen LogP contribution is 2.45. The van der Waals surface area contributed by atoms with Gasteiger partial charge in [0.2, 0.25) is 11.9 Å². The van der Waals surface area contributed by atoms with E-state index in [-0.39, 0.29) is 23.9 Å². The molecule has 0 radical (unpaired) electrons. The number of benzene rings is 1. The Hall–Kier alpha value is -2.18. The monoisotopic (exact) mass is 399 g/mol. The van der Waals surface area contributed by atoms with Crippen LogP contribution in [-0.4, -0.2) is 45.9 Å². The number of hydrogen-bond donors (Lipinski definition) is 1. The topological polar surface area (TPSA) is 61.4 Å². The number of likely N-dealkylation sites (tertiary alicyclic amines) is 1. The van der Waals surface area contributed by atoms with Crippen molar-refractivity contribution >= 4 is 24.3 Å². The Labute approximate surface area is 171 Å². The molecule has 2 atom stereocenters. The van der Waals surface area contributed by atoms with Gasteiger partial charge in [0, 0.05) is 51.0 Å². The van der Waals surface area contributed by atoms with Crippen LogP contribution in [0.25, 0.3) is 0 Å². The van der Waals surface area contributed by atoms with Crippen LogP contribution in [0.3, 0.4) is 0 Å². The van der Waals surface area contributed by atoms with E-state index in [1.54, 1.807) is 6.92 Å². The van der Waals surface area contributed by atoms with E-state index in [0.717, 1.165) is 38.4 Å². The van der Waals surface area contributed by atoms with Gasteiger partial charge in [0.1, 0.15) is 0 Å². The Bertz CT molecular complexity index is 840. The van der Waals surface area contributed by atoms with Crippen molar-refractivity contribution in [3.8, 4) is 0 Å². The zero-order valence-corrected chi connectivity index (χ0v) is 16.9. The SMILES string of the molecule is CC(=O)NC1(c2ccc(CN3C[C@@H]4C[C@H]3CN4c3ncccn3)cc2)CC1.Cl. The van der Waals surface area contributed by atoms with Gasteiger partial charge in [0.15, 0.2) is 0 Å². The van der Waals surface area contributed by atoms with Crippen LogP contribution in [0.1, 0.15) is 37.3 Å². The predicted octanol–water partition coefficient (Wildman–Crippen LogP) is 2.49. The zero-order chi connectivity index (χ0) is 18.4. The van der Waals surface area contributed by atoms with Gasteiger partial charge in [0.05, 0.1) is 5.54 Å². The lowest BCUT2D eigenvalue weighted by Crippen LogP contribution is -2.46. The van der Waals surface area contributed by atoms with Crippen molar-refractivity contribution in [1.29, 1.82) is 0 Å². The minimum Gasteiger partial charge on any atom is -0.347 e. The quantitative estimate of drug-likeness (QED) is 0.836. The number of anilines is 1. The number of piperazine rings is 1. The summed E-state index contributed by atoms with van der Waals surface area (Å²) >= 11 is 0. The standard InChI is InChI=1S/C21H25N5O.ClH/c1-15(27)24-21(7-8-21)17-5-3-16(4-6-17)12-25-13-19-11-18(25)14-26(19)20-22-9-2-10-23-20;/h2-6,9-10,18-19H,7-8,11-14H2,1H3,(H,24,27);1H/t18-,19-;/m0./s1. The molecule has 0 spiro atoms. The largest absolute Gasteiger partial charge is 0.347 e. The second-order valence-electron chi connectivity index (χ2n) is 8.13. The fraction of sp³-hybridized carbons (Fsp3) is 0.476. The summed E-state index contributed by atoms with van der Waals surface area (Å²) in [4.78, 5) is 25.2. The first-order chi connectivity index (χ1) is 13.1. The van der Waals surface area contributed by atoms with Gasteiger partial charge in [-0.25, -0.2) is 9.97 Å². The molecule has 7 heteroatoms. The highest BCUT2D eigenvalue weighted by Gasteiger charge is 2.45. The number of nitrogens with one attached hydrogen (secondary N) is 1. The van der Waals surface area contributed by atoms with E-state index in [4.69, 9.17) is 0 Å². The van der Waals surface area contributed by atoms with E-state index >= 15 is 0 Å². The van der Waals surface area contributed by atoms with Gasteiger partial charge in [-0.3, -0.25) is 9.69 Å². The maximum Gasteiger partial charge on any atom is 0.225 e. The van der Waals surface area contributed by atoms with Crippen LogP contribution in [0.2, 0.25) is 0 Å². The summed E-state index contributed by atoms with van der Waals surface area (Å²) in [7, 11) is 0. The Balaban J connectivity index is 0.00000192. The normalized spacial score (nSPS) is 24.7. The number of fused-ring (bicyclic) bond motifs is 2. The molecule has 2 aromatic rings. The van der Waals surface area contributed by atoms with Gasteiger partial charge in [-0.2, -0.15) is 0 Å². The lowest BCUT2D eigenvalue weighted by molar-refractivity contribution is -0.120. The lowest BCUT2D eigenvalue weighted by atomic mass is 10.0. The predicted molar refractivity (Wildman–Crippen MR) is 110 cm³/mol. The van der Waals surface area contributed by atoms with Crippen LogP contribution in [-0.2, 0) is 16.9 Å². The molecule has 1 N–H and O–H groups in total. The van der Waals surface area contributed by atoms with E-state index in [1.165, 1.54) is 17.5 Å². The Morgan fingerprint density at radius 1 is 1.14 bits per heavy atom. The van der Waals surface area contributed by atoms with Crippen molar-refractivity contribution in [3.63, 3.8) is 0 Å². The molecule has 1 amide bonds. The van der Waals surface area contributed by atoms with E-state index in [2.05, 4.69) is 49.4 Å². The smallest absolute Gasteiger partial charge is 0.225 e. The third-order valence-corrected chi connectivity index (χ3v) is 6.22. The molecule has 1 saturated carbocycles. The van der Waals surface area contributed by atoms with Gasteiger partial charge in [-0.1, -0.05) is 24.3 Å². The Kier molecular flexibility index (Phi) is 5.02. The van der Waals surface area contributed by atoms with Crippen molar-refractivity contribution in [3.05, 3.63) is 53.9 Å². The highest BCUT2D eigenvalue weighted by molar-refractivity contribution is 5.85. The molecule has 148 valence electrons. The average molecular weight is 400 g/mol. The van der Waals surface area contributed by atoms with E-state index in [1.807, 2.05) is 18.5 Å². The summed E-state index contributed by atoms with van der Waals surface area (Å²) in [5.74, 6) is 0.915. The first kappa shape index (κ1) is 19.2. The third kappa shape index (κ3) is 3.47. The van der Waals surface area contributed by atoms with Crippen LogP contribution in [0.15, 0.2) is 42.7 Å². The third-order valence-electron chi connectivity index (χ3n) is 6.22. The van der Waals surface area contributed by atoms with Crippen molar-refractivity contribution in [1.82, 2.24) is 20.2 Å². The molecule has 0 unspecified atom stereocenters. The number of rotatable bonds is 5. The minimum atomic E-state index is -0.104. The van der Waals surface area contributed by atoms with Crippen LogP contribution in [0, 0.1) is 0 Å². The fourth-order valence-corrected chi connectivity index (χ4v) is 4.74. The van der Waals surface area contributed by atoms with Crippen LogP contribution < -0.4 is 10.2 Å². The molecule has 3 fully saturated rings. The summed E-state index contributed by atoms with van der Waals surface area (Å²) in [5.41, 5.74) is 2.47. The van der Waals surface area contributed by atoms with Crippen molar-refractivity contribution < 1.29 is 4.79 Å². The van der Waals surface area contributed by atoms with E-state index in [9.17, 15) is 4.79 Å². The summed E-state index contributed by atoms with van der Waals surface area (Å²) < 4.78 is 0. The number of aromatic nitrogens is 2. The Morgan fingerprint density at radius 2 is 1.86 bits per heavy atom. The average Bonchev–Trinajstić information content (AvgIpc) is 3.17. The maximum atomic E-state index is 11.4. The molecule has 1 aliphatic carbocycles. The number of amides is 1. The van der Waals surface area contributed by atoms with Gasteiger partial charge in [0.25, 0.3) is 0 Å². The number of hydrogen-bond acceptors (Lipinski definition) is 5. The highest BCUT2D eigenvalue weighted by atomic mass is 35.5. The van der Waals surface area contributed by atoms with Crippen molar-refractivity contribution in [2.24, 2.45) is 0 Å². The van der Waals surface area contributed by atoms with E-state index < -0.39 is 0 Å². The lowest BCUT2D eigenvalue weighted by Gasteiger charge is -2.34. The summed E-state index contributed by atoms with van der Waals surface area (Å²) in [6.45, 7) is 4.66. The maximum absolute atomic E-state index is 11.4. The van der Waals surface area contributed by atoms with Crippen LogP contribution in [0.5, 0.6) is 0 Å². The van der Waals surface area contributed by atoms with Crippen molar-refractivity contribution in [2.45, 2.75) is 50.4 Å². The van der Waals surface area contributed by atoms with Gasteiger partial charge in [-0.15, -0.1) is 12.4 Å². The van der Waals surface area contributed by atoms with Crippen LogP contribution >= 0.6 is 12.4 Å². The molecular weight excluding hydrogens is 374 g/mol. The molecule has 3 heterocycles. The number of nitrogens with zero attached hydrogens (tertiary/aromatic N) is 4. The van der Waals surface area contributed by atoms with Gasteiger partial charge in [-0.05, 0) is 36.5 Å². The summed E-state index contributed by atoms with van der Waals surface area (Å²) in [6, 6.07) is 11.8.